The highest BCUT2D eigenvalue weighted by molar-refractivity contribution is 5.83. The number of rotatable bonds is 5. The highest BCUT2D eigenvalue weighted by Crippen LogP contribution is 2.16. The molecule has 2 N–H and O–H groups in total. The van der Waals surface area contributed by atoms with E-state index in [1.165, 1.54) is 6.07 Å². The standard InChI is InChI=1S/C20H22FN3O2/c21-17-9-5-4-8-16(17)12-19(25)24-11-10-23(18(14-24)20(22)26)13-15-6-2-1-3-7-15/h1-9,18H,10-14H2,(H2,22,26). The Hall–Kier alpha value is -2.73. The monoisotopic (exact) mass is 355 g/mol. The van der Waals surface area contributed by atoms with Gasteiger partial charge in [-0.3, -0.25) is 14.5 Å². The summed E-state index contributed by atoms with van der Waals surface area (Å²) >= 11 is 0. The van der Waals surface area contributed by atoms with E-state index in [1.54, 1.807) is 23.1 Å². The molecule has 2 aromatic carbocycles. The van der Waals surface area contributed by atoms with Crippen LogP contribution in [0.15, 0.2) is 54.6 Å². The largest absolute Gasteiger partial charge is 0.368 e. The molecule has 6 heteroatoms. The minimum Gasteiger partial charge on any atom is -0.368 e. The normalized spacial score (nSPS) is 17.9. The van der Waals surface area contributed by atoms with Crippen molar-refractivity contribution in [3.05, 3.63) is 71.5 Å². The van der Waals surface area contributed by atoms with E-state index in [9.17, 15) is 14.0 Å². The highest BCUT2D eigenvalue weighted by atomic mass is 19.1. The Kier molecular flexibility index (Phi) is 5.63. The SMILES string of the molecule is NC(=O)C1CN(C(=O)Cc2ccccc2F)CCN1Cc1ccccc1. The van der Waals surface area contributed by atoms with Crippen molar-refractivity contribution in [3.63, 3.8) is 0 Å². The quantitative estimate of drug-likeness (QED) is 0.885. The van der Waals surface area contributed by atoms with Crippen LogP contribution in [-0.4, -0.2) is 47.3 Å². The predicted molar refractivity (Wildman–Crippen MR) is 96.5 cm³/mol. The number of halogens is 1. The summed E-state index contributed by atoms with van der Waals surface area (Å²) in [6, 6.07) is 15.5. The van der Waals surface area contributed by atoms with Gasteiger partial charge in [0.25, 0.3) is 0 Å². The van der Waals surface area contributed by atoms with E-state index < -0.39 is 17.8 Å². The van der Waals surface area contributed by atoms with E-state index in [0.717, 1.165) is 5.56 Å². The van der Waals surface area contributed by atoms with Gasteiger partial charge in [0.15, 0.2) is 0 Å². The van der Waals surface area contributed by atoms with Crippen LogP contribution in [0.1, 0.15) is 11.1 Å². The molecule has 1 saturated heterocycles. The maximum atomic E-state index is 13.8. The fraction of sp³-hybridized carbons (Fsp3) is 0.300. The van der Waals surface area contributed by atoms with Crippen LogP contribution in [-0.2, 0) is 22.6 Å². The maximum absolute atomic E-state index is 13.8. The molecule has 2 aromatic rings. The summed E-state index contributed by atoms with van der Waals surface area (Å²) in [7, 11) is 0. The van der Waals surface area contributed by atoms with Crippen molar-refractivity contribution in [2.24, 2.45) is 5.73 Å². The molecule has 0 bridgehead atoms. The van der Waals surface area contributed by atoms with Crippen molar-refractivity contribution in [1.29, 1.82) is 0 Å². The van der Waals surface area contributed by atoms with Crippen molar-refractivity contribution in [2.75, 3.05) is 19.6 Å². The van der Waals surface area contributed by atoms with Gasteiger partial charge in [0.1, 0.15) is 11.9 Å². The lowest BCUT2D eigenvalue weighted by atomic mass is 10.1. The van der Waals surface area contributed by atoms with Gasteiger partial charge in [-0.05, 0) is 17.2 Å². The Morgan fingerprint density at radius 3 is 2.42 bits per heavy atom. The number of hydrogen-bond acceptors (Lipinski definition) is 3. The molecule has 1 fully saturated rings. The van der Waals surface area contributed by atoms with Gasteiger partial charge in [-0.1, -0.05) is 48.5 Å². The molecular formula is C20H22FN3O2. The molecule has 0 aliphatic carbocycles. The molecular weight excluding hydrogens is 333 g/mol. The van der Waals surface area contributed by atoms with Crippen LogP contribution >= 0.6 is 0 Å². The lowest BCUT2D eigenvalue weighted by Gasteiger charge is -2.40. The zero-order chi connectivity index (χ0) is 18.5. The zero-order valence-electron chi connectivity index (χ0n) is 14.5. The van der Waals surface area contributed by atoms with Crippen molar-refractivity contribution >= 4 is 11.8 Å². The zero-order valence-corrected chi connectivity index (χ0v) is 14.5. The molecule has 136 valence electrons. The molecule has 3 rings (SSSR count). The third kappa shape index (κ3) is 4.26. The number of amides is 2. The van der Waals surface area contributed by atoms with Crippen LogP contribution in [0.5, 0.6) is 0 Å². The average molecular weight is 355 g/mol. The summed E-state index contributed by atoms with van der Waals surface area (Å²) in [6.07, 6.45) is -0.0170. The topological polar surface area (TPSA) is 66.6 Å². The first-order valence-electron chi connectivity index (χ1n) is 8.63. The van der Waals surface area contributed by atoms with E-state index in [1.807, 2.05) is 35.2 Å². The molecule has 5 nitrogen and oxygen atoms in total. The minimum atomic E-state index is -0.548. The Balaban J connectivity index is 1.66. The summed E-state index contributed by atoms with van der Waals surface area (Å²) in [5, 5.41) is 0. The van der Waals surface area contributed by atoms with Crippen LogP contribution < -0.4 is 5.73 Å². The van der Waals surface area contributed by atoms with Crippen LogP contribution in [0.2, 0.25) is 0 Å². The number of piperazine rings is 1. The molecule has 2 amide bonds. The van der Waals surface area contributed by atoms with Crippen LogP contribution in [0, 0.1) is 5.82 Å². The van der Waals surface area contributed by atoms with Gasteiger partial charge in [0, 0.05) is 26.2 Å². The Morgan fingerprint density at radius 2 is 1.73 bits per heavy atom. The first kappa shape index (κ1) is 18.1. The molecule has 0 aromatic heterocycles. The van der Waals surface area contributed by atoms with Crippen LogP contribution in [0.4, 0.5) is 4.39 Å². The number of hydrogen-bond donors (Lipinski definition) is 1. The summed E-state index contributed by atoms with van der Waals surface area (Å²) in [5.74, 6) is -1.04. The second-order valence-electron chi connectivity index (χ2n) is 6.48. The van der Waals surface area contributed by atoms with Crippen molar-refractivity contribution < 1.29 is 14.0 Å². The molecule has 26 heavy (non-hydrogen) atoms. The van der Waals surface area contributed by atoms with Gasteiger partial charge in [-0.2, -0.15) is 0 Å². The van der Waals surface area contributed by atoms with Gasteiger partial charge in [0.05, 0.1) is 6.42 Å². The summed E-state index contributed by atoms with van der Waals surface area (Å²) in [6.45, 7) is 1.87. The van der Waals surface area contributed by atoms with Gasteiger partial charge in [-0.15, -0.1) is 0 Å². The van der Waals surface area contributed by atoms with Crippen molar-refractivity contribution in [3.8, 4) is 0 Å². The number of benzene rings is 2. The summed E-state index contributed by atoms with van der Waals surface area (Å²) < 4.78 is 13.8. The van der Waals surface area contributed by atoms with E-state index in [4.69, 9.17) is 5.73 Å². The predicted octanol–water partition coefficient (Wildman–Crippen LogP) is 1.57. The molecule has 0 saturated carbocycles. The van der Waals surface area contributed by atoms with Gasteiger partial charge >= 0.3 is 0 Å². The van der Waals surface area contributed by atoms with Gasteiger partial charge in [0.2, 0.25) is 11.8 Å². The molecule has 1 unspecified atom stereocenters. The highest BCUT2D eigenvalue weighted by Gasteiger charge is 2.33. The smallest absolute Gasteiger partial charge is 0.236 e. The van der Waals surface area contributed by atoms with Crippen LogP contribution in [0.3, 0.4) is 0 Å². The lowest BCUT2D eigenvalue weighted by molar-refractivity contribution is -0.136. The maximum Gasteiger partial charge on any atom is 0.236 e. The third-order valence-electron chi connectivity index (χ3n) is 4.70. The van der Waals surface area contributed by atoms with Crippen LogP contribution in [0.25, 0.3) is 0 Å². The van der Waals surface area contributed by atoms with Gasteiger partial charge in [-0.25, -0.2) is 4.39 Å². The fourth-order valence-corrected chi connectivity index (χ4v) is 3.24. The molecule has 1 atom stereocenters. The molecule has 1 aliphatic rings. The Morgan fingerprint density at radius 1 is 1.04 bits per heavy atom. The molecule has 1 aliphatic heterocycles. The lowest BCUT2D eigenvalue weighted by Crippen LogP contribution is -2.59. The Labute approximate surface area is 152 Å². The first-order chi connectivity index (χ1) is 12.5. The summed E-state index contributed by atoms with van der Waals surface area (Å²) in [5.41, 5.74) is 7.02. The van der Waals surface area contributed by atoms with E-state index >= 15 is 0 Å². The van der Waals surface area contributed by atoms with E-state index in [2.05, 4.69) is 0 Å². The molecule has 0 radical (unpaired) electrons. The third-order valence-corrected chi connectivity index (χ3v) is 4.70. The molecule has 1 heterocycles. The Bertz CT molecular complexity index is 782. The second kappa shape index (κ2) is 8.10. The number of nitrogens with zero attached hydrogens (tertiary/aromatic N) is 2. The fourth-order valence-electron chi connectivity index (χ4n) is 3.24. The number of carbonyl (C=O) groups is 2. The first-order valence-corrected chi connectivity index (χ1v) is 8.63. The summed E-state index contributed by atoms with van der Waals surface area (Å²) in [4.78, 5) is 28.1. The minimum absolute atomic E-state index is 0.0170. The van der Waals surface area contributed by atoms with Crippen molar-refractivity contribution in [2.45, 2.75) is 19.0 Å². The second-order valence-corrected chi connectivity index (χ2v) is 6.48. The molecule has 0 spiro atoms. The number of nitrogens with two attached hydrogens (primary N) is 1. The van der Waals surface area contributed by atoms with Crippen molar-refractivity contribution in [1.82, 2.24) is 9.80 Å². The van der Waals surface area contributed by atoms with E-state index in [0.29, 0.717) is 25.2 Å². The van der Waals surface area contributed by atoms with Gasteiger partial charge < -0.3 is 10.6 Å². The average Bonchev–Trinajstić information content (AvgIpc) is 2.64. The number of primary amides is 1. The number of carbonyl (C=O) groups excluding carboxylic acids is 2. The van der Waals surface area contributed by atoms with E-state index in [-0.39, 0.29) is 18.9 Å².